The van der Waals surface area contributed by atoms with E-state index in [4.69, 9.17) is 4.74 Å². The van der Waals surface area contributed by atoms with Gasteiger partial charge >= 0.3 is 0 Å². The van der Waals surface area contributed by atoms with Gasteiger partial charge in [0.2, 0.25) is 0 Å². The Hall–Kier alpha value is -0.0800. The monoisotopic (exact) mass is 251 g/mol. The Morgan fingerprint density at radius 3 is 2.61 bits per heavy atom. The van der Waals surface area contributed by atoms with Gasteiger partial charge in [0.1, 0.15) is 0 Å². The highest BCUT2D eigenvalue weighted by Crippen LogP contribution is 2.65. The number of hydrogen-bond acceptors (Lipinski definition) is 2. The molecule has 0 radical (unpaired) electrons. The zero-order valence-electron chi connectivity index (χ0n) is 12.3. The van der Waals surface area contributed by atoms with Crippen molar-refractivity contribution in [1.29, 1.82) is 0 Å². The van der Waals surface area contributed by atoms with Gasteiger partial charge in [-0.05, 0) is 61.3 Å². The van der Waals surface area contributed by atoms with Crippen LogP contribution in [0.4, 0.5) is 0 Å². The number of hydrogen-bond donors (Lipinski definition) is 1. The molecular weight excluding hydrogens is 222 g/mol. The first-order valence-electron chi connectivity index (χ1n) is 7.85. The van der Waals surface area contributed by atoms with Gasteiger partial charge in [-0.2, -0.15) is 0 Å². The predicted octanol–water partition coefficient (Wildman–Crippen LogP) is 3.22. The summed E-state index contributed by atoms with van der Waals surface area (Å²) in [7, 11) is 0. The Labute approximate surface area is 112 Å². The zero-order chi connectivity index (χ0) is 12.8. The molecule has 3 rings (SSSR count). The van der Waals surface area contributed by atoms with E-state index < -0.39 is 0 Å². The molecule has 3 fully saturated rings. The summed E-state index contributed by atoms with van der Waals surface area (Å²) in [6.07, 6.45) is 6.87. The molecule has 1 heterocycles. The molecular formula is C16H29NO. The Bertz CT molecular complexity index is 308. The highest BCUT2D eigenvalue weighted by molar-refractivity contribution is 5.12. The molecule has 2 saturated carbocycles. The average Bonchev–Trinajstić information content (AvgIpc) is 2.95. The molecule has 2 heteroatoms. The van der Waals surface area contributed by atoms with Crippen molar-refractivity contribution in [2.75, 3.05) is 19.8 Å². The summed E-state index contributed by atoms with van der Waals surface area (Å²) in [4.78, 5) is 0. The van der Waals surface area contributed by atoms with Crippen molar-refractivity contribution in [3.8, 4) is 0 Å². The van der Waals surface area contributed by atoms with Gasteiger partial charge in [-0.1, -0.05) is 20.8 Å². The molecule has 0 aromatic heterocycles. The highest BCUT2D eigenvalue weighted by Gasteiger charge is 2.60. The van der Waals surface area contributed by atoms with E-state index in [1.165, 1.54) is 38.6 Å². The van der Waals surface area contributed by atoms with Gasteiger partial charge in [-0.3, -0.25) is 0 Å². The van der Waals surface area contributed by atoms with Crippen LogP contribution in [0.3, 0.4) is 0 Å². The van der Waals surface area contributed by atoms with Crippen molar-refractivity contribution in [2.24, 2.45) is 22.7 Å². The second-order valence-corrected chi connectivity index (χ2v) is 7.64. The van der Waals surface area contributed by atoms with Crippen LogP contribution < -0.4 is 5.32 Å². The third-order valence-electron chi connectivity index (χ3n) is 6.76. The smallest absolute Gasteiger partial charge is 0.0495 e. The Morgan fingerprint density at radius 1 is 1.22 bits per heavy atom. The van der Waals surface area contributed by atoms with E-state index >= 15 is 0 Å². The van der Waals surface area contributed by atoms with Gasteiger partial charge in [-0.25, -0.2) is 0 Å². The lowest BCUT2D eigenvalue weighted by molar-refractivity contribution is 0.120. The van der Waals surface area contributed by atoms with Crippen LogP contribution in [-0.2, 0) is 4.74 Å². The lowest BCUT2D eigenvalue weighted by Crippen LogP contribution is -2.45. The van der Waals surface area contributed by atoms with Gasteiger partial charge in [0.15, 0.2) is 0 Å². The van der Waals surface area contributed by atoms with E-state index in [-0.39, 0.29) is 0 Å². The van der Waals surface area contributed by atoms with Crippen molar-refractivity contribution in [2.45, 2.75) is 58.9 Å². The van der Waals surface area contributed by atoms with Crippen molar-refractivity contribution < 1.29 is 4.74 Å². The van der Waals surface area contributed by atoms with Gasteiger partial charge in [-0.15, -0.1) is 0 Å². The Kier molecular flexibility index (Phi) is 3.22. The maximum absolute atomic E-state index is 5.45. The van der Waals surface area contributed by atoms with Crippen LogP contribution in [0.2, 0.25) is 0 Å². The molecule has 2 bridgehead atoms. The third kappa shape index (κ3) is 1.84. The van der Waals surface area contributed by atoms with Crippen LogP contribution >= 0.6 is 0 Å². The minimum absolute atomic E-state index is 0.532. The van der Waals surface area contributed by atoms with E-state index in [2.05, 4.69) is 26.1 Å². The van der Waals surface area contributed by atoms with E-state index in [9.17, 15) is 0 Å². The first-order chi connectivity index (χ1) is 8.54. The summed E-state index contributed by atoms with van der Waals surface area (Å²) in [5, 5.41) is 3.88. The van der Waals surface area contributed by atoms with Crippen molar-refractivity contribution >= 4 is 0 Å². The maximum atomic E-state index is 5.45. The lowest BCUT2D eigenvalue weighted by Gasteiger charge is -2.39. The quantitative estimate of drug-likeness (QED) is 0.828. The van der Waals surface area contributed by atoms with Gasteiger partial charge in [0.05, 0.1) is 0 Å². The van der Waals surface area contributed by atoms with Crippen LogP contribution in [0.15, 0.2) is 0 Å². The molecule has 3 aliphatic rings. The first kappa shape index (κ1) is 12.9. The van der Waals surface area contributed by atoms with Crippen molar-refractivity contribution in [3.05, 3.63) is 0 Å². The predicted molar refractivity (Wildman–Crippen MR) is 74.6 cm³/mol. The normalized spacial score (nSPS) is 45.8. The van der Waals surface area contributed by atoms with Crippen molar-refractivity contribution in [3.63, 3.8) is 0 Å². The van der Waals surface area contributed by atoms with Crippen LogP contribution in [0.5, 0.6) is 0 Å². The molecule has 0 amide bonds. The van der Waals surface area contributed by atoms with E-state index in [0.717, 1.165) is 31.1 Å². The fourth-order valence-corrected chi connectivity index (χ4v) is 4.79. The number of nitrogens with one attached hydrogen (secondary N) is 1. The van der Waals surface area contributed by atoms with Crippen LogP contribution in [0.25, 0.3) is 0 Å². The third-order valence-corrected chi connectivity index (χ3v) is 6.76. The summed E-state index contributed by atoms with van der Waals surface area (Å²) in [5.41, 5.74) is 1.07. The molecule has 4 atom stereocenters. The minimum atomic E-state index is 0.532. The maximum Gasteiger partial charge on any atom is 0.0495 e. The summed E-state index contributed by atoms with van der Waals surface area (Å²) in [6.45, 7) is 10.7. The molecule has 0 aromatic rings. The van der Waals surface area contributed by atoms with Gasteiger partial charge < -0.3 is 10.1 Å². The van der Waals surface area contributed by atoms with E-state index in [1.54, 1.807) is 0 Å². The summed E-state index contributed by atoms with van der Waals surface area (Å²) in [5.74, 6) is 1.77. The summed E-state index contributed by atoms with van der Waals surface area (Å²) < 4.78 is 5.45. The second kappa shape index (κ2) is 4.49. The molecule has 0 spiro atoms. The minimum Gasteiger partial charge on any atom is -0.381 e. The van der Waals surface area contributed by atoms with Gasteiger partial charge in [0, 0.05) is 19.3 Å². The summed E-state index contributed by atoms with van der Waals surface area (Å²) in [6, 6.07) is 0.758. The van der Waals surface area contributed by atoms with Crippen LogP contribution in [-0.4, -0.2) is 25.8 Å². The fraction of sp³-hybridized carbons (Fsp3) is 1.00. The SMILES string of the molecule is CC1(C)C2CCC1(C)C(NCCC1CCOC1)C2. The first-order valence-corrected chi connectivity index (χ1v) is 7.85. The molecule has 1 N–H and O–H groups in total. The van der Waals surface area contributed by atoms with Crippen molar-refractivity contribution in [1.82, 2.24) is 5.32 Å². The largest absolute Gasteiger partial charge is 0.381 e. The number of ether oxygens (including phenoxy) is 1. The molecule has 2 nitrogen and oxygen atoms in total. The number of rotatable bonds is 4. The molecule has 4 unspecified atom stereocenters. The Balaban J connectivity index is 1.52. The summed E-state index contributed by atoms with van der Waals surface area (Å²) >= 11 is 0. The molecule has 104 valence electrons. The Morgan fingerprint density at radius 2 is 2.06 bits per heavy atom. The van der Waals surface area contributed by atoms with Crippen LogP contribution in [0, 0.1) is 22.7 Å². The second-order valence-electron chi connectivity index (χ2n) is 7.64. The standard InChI is InChI=1S/C16H29NO/c1-15(2)13-4-7-16(15,3)14(10-13)17-8-5-12-6-9-18-11-12/h12-14,17H,4-11H2,1-3H3. The molecule has 2 aliphatic carbocycles. The molecule has 1 aliphatic heterocycles. The zero-order valence-corrected chi connectivity index (χ0v) is 12.3. The average molecular weight is 251 g/mol. The van der Waals surface area contributed by atoms with Crippen LogP contribution in [0.1, 0.15) is 52.9 Å². The molecule has 1 saturated heterocycles. The molecule has 18 heavy (non-hydrogen) atoms. The topological polar surface area (TPSA) is 21.3 Å². The van der Waals surface area contributed by atoms with E-state index in [0.29, 0.717) is 10.8 Å². The fourth-order valence-electron chi connectivity index (χ4n) is 4.79. The number of fused-ring (bicyclic) bond motifs is 2. The van der Waals surface area contributed by atoms with Gasteiger partial charge in [0.25, 0.3) is 0 Å². The molecule has 0 aromatic carbocycles. The lowest BCUT2D eigenvalue weighted by atomic mass is 9.69. The highest BCUT2D eigenvalue weighted by atomic mass is 16.5. The van der Waals surface area contributed by atoms with E-state index in [1.807, 2.05) is 0 Å².